The number of carboxylic acids is 1. The highest BCUT2D eigenvalue weighted by molar-refractivity contribution is 5.76. The number of fused-ring (bicyclic) bond motifs is 1. The van der Waals surface area contributed by atoms with E-state index in [4.69, 9.17) is 24.7 Å². The lowest BCUT2D eigenvalue weighted by Crippen LogP contribution is -2.51. The zero-order valence-electron chi connectivity index (χ0n) is 23.3. The molecule has 0 radical (unpaired) electrons. The molecule has 0 saturated heterocycles. The Morgan fingerprint density at radius 3 is 2.26 bits per heavy atom. The summed E-state index contributed by atoms with van der Waals surface area (Å²) in [5, 5.41) is 10.8. The van der Waals surface area contributed by atoms with Gasteiger partial charge < -0.3 is 29.8 Å². The minimum absolute atomic E-state index is 0.0385. The summed E-state index contributed by atoms with van der Waals surface area (Å²) in [6, 6.07) is 32.7. The van der Waals surface area contributed by atoms with Gasteiger partial charge in [-0.05, 0) is 53.9 Å². The van der Waals surface area contributed by atoms with Gasteiger partial charge in [-0.15, -0.1) is 0 Å². The number of nitrogens with two attached hydrogens (primary N) is 1. The number of hydrogen-bond acceptors (Lipinski definition) is 8. The summed E-state index contributed by atoms with van der Waals surface area (Å²) < 4.78 is 24.0. The molecule has 6 rings (SSSR count). The van der Waals surface area contributed by atoms with Crippen LogP contribution in [0.5, 0.6) is 17.5 Å². The second-order valence-corrected chi connectivity index (χ2v) is 10.1. The molecule has 0 spiro atoms. The van der Waals surface area contributed by atoms with Crippen molar-refractivity contribution in [2.24, 2.45) is 0 Å². The Labute approximate surface area is 248 Å². The summed E-state index contributed by atoms with van der Waals surface area (Å²) in [6.07, 6.45) is -1.60. The van der Waals surface area contributed by atoms with Crippen LogP contribution in [0, 0.1) is 6.92 Å². The van der Waals surface area contributed by atoms with Gasteiger partial charge >= 0.3 is 12.0 Å². The number of aryl methyl sites for hydroxylation is 1. The Morgan fingerprint density at radius 2 is 1.58 bits per heavy atom. The van der Waals surface area contributed by atoms with Gasteiger partial charge in [0.05, 0.1) is 12.3 Å². The fraction of sp³-hybridized carbons (Fsp3) is 0.147. The SMILES string of the molecule is Cc1cc(-c2cccc(N)c2)nc(OC(C(=O)O)C(OCc2ccc3c(c2)OCO3)(c2ccccc2)c2ccccc2)n1. The van der Waals surface area contributed by atoms with E-state index in [1.165, 1.54) is 0 Å². The molecule has 2 heterocycles. The number of carbonyl (C=O) groups is 1. The first-order valence-corrected chi connectivity index (χ1v) is 13.7. The molecular weight excluding hydrogens is 546 g/mol. The van der Waals surface area contributed by atoms with Crippen LogP contribution in [0.2, 0.25) is 0 Å². The zero-order chi connectivity index (χ0) is 29.8. The van der Waals surface area contributed by atoms with E-state index in [2.05, 4.69) is 9.97 Å². The summed E-state index contributed by atoms with van der Waals surface area (Å²) in [4.78, 5) is 22.3. The Bertz CT molecular complexity index is 1710. The minimum Gasteiger partial charge on any atom is -0.478 e. The van der Waals surface area contributed by atoms with Crippen molar-refractivity contribution in [2.45, 2.75) is 25.2 Å². The predicted octanol–water partition coefficient (Wildman–Crippen LogP) is 5.76. The predicted molar refractivity (Wildman–Crippen MR) is 160 cm³/mol. The van der Waals surface area contributed by atoms with Gasteiger partial charge in [0.15, 0.2) is 17.1 Å². The third-order valence-electron chi connectivity index (χ3n) is 7.14. The van der Waals surface area contributed by atoms with Crippen LogP contribution in [0.3, 0.4) is 0 Å². The van der Waals surface area contributed by atoms with E-state index in [9.17, 15) is 9.90 Å². The van der Waals surface area contributed by atoms with Crippen LogP contribution in [0.1, 0.15) is 22.4 Å². The summed E-state index contributed by atoms with van der Waals surface area (Å²) >= 11 is 0. The highest BCUT2D eigenvalue weighted by atomic mass is 16.7. The van der Waals surface area contributed by atoms with Crippen molar-refractivity contribution >= 4 is 11.7 Å². The molecular formula is C34H29N3O6. The van der Waals surface area contributed by atoms with Crippen LogP contribution in [0.15, 0.2) is 109 Å². The average Bonchev–Trinajstić information content (AvgIpc) is 3.50. The van der Waals surface area contributed by atoms with Gasteiger partial charge in [0.1, 0.15) is 0 Å². The number of nitrogens with zero attached hydrogens (tertiary/aromatic N) is 2. The summed E-state index contributed by atoms with van der Waals surface area (Å²) in [5.74, 6) is -0.0196. The maximum Gasteiger partial charge on any atom is 0.348 e. The summed E-state index contributed by atoms with van der Waals surface area (Å²) in [7, 11) is 0. The third kappa shape index (κ3) is 5.71. The molecule has 216 valence electrons. The molecule has 1 unspecified atom stereocenters. The lowest BCUT2D eigenvalue weighted by Gasteiger charge is -2.39. The van der Waals surface area contributed by atoms with Crippen LogP contribution in [-0.2, 0) is 21.7 Å². The van der Waals surface area contributed by atoms with Gasteiger partial charge in [-0.3, -0.25) is 0 Å². The standard InChI is InChI=1S/C34H29N3O6/c1-22-17-28(24-9-8-14-27(35)19-24)37-33(36-22)43-31(32(38)39)34(25-10-4-2-5-11-25,26-12-6-3-7-13-26)42-20-23-15-16-29-30(18-23)41-21-40-29/h2-19,31H,20-21,35H2,1H3,(H,38,39). The van der Waals surface area contributed by atoms with Crippen molar-refractivity contribution in [3.8, 4) is 28.8 Å². The summed E-state index contributed by atoms with van der Waals surface area (Å²) in [6.45, 7) is 1.97. The fourth-order valence-electron chi connectivity index (χ4n) is 5.16. The lowest BCUT2D eigenvalue weighted by molar-refractivity contribution is -0.166. The van der Waals surface area contributed by atoms with Crippen LogP contribution >= 0.6 is 0 Å². The largest absolute Gasteiger partial charge is 0.478 e. The first-order chi connectivity index (χ1) is 20.9. The molecule has 4 aromatic carbocycles. The molecule has 5 aromatic rings. The van der Waals surface area contributed by atoms with Gasteiger partial charge in [0.25, 0.3) is 0 Å². The van der Waals surface area contributed by atoms with E-state index in [1.54, 1.807) is 31.2 Å². The van der Waals surface area contributed by atoms with E-state index < -0.39 is 17.7 Å². The second-order valence-electron chi connectivity index (χ2n) is 10.1. The Hall–Kier alpha value is -5.41. The first kappa shape index (κ1) is 27.7. The van der Waals surface area contributed by atoms with E-state index in [-0.39, 0.29) is 19.4 Å². The maximum absolute atomic E-state index is 13.2. The van der Waals surface area contributed by atoms with Gasteiger partial charge in [-0.2, -0.15) is 4.98 Å². The maximum atomic E-state index is 13.2. The monoisotopic (exact) mass is 575 g/mol. The number of hydrogen-bond donors (Lipinski definition) is 2. The van der Waals surface area contributed by atoms with E-state index in [0.717, 1.165) is 11.1 Å². The molecule has 0 bridgehead atoms. The number of benzene rings is 4. The molecule has 43 heavy (non-hydrogen) atoms. The van der Waals surface area contributed by atoms with Crippen molar-refractivity contribution in [3.05, 3.63) is 132 Å². The molecule has 0 saturated carbocycles. The average molecular weight is 576 g/mol. The molecule has 1 atom stereocenters. The van der Waals surface area contributed by atoms with Crippen LogP contribution in [0.4, 0.5) is 5.69 Å². The Balaban J connectivity index is 1.47. The van der Waals surface area contributed by atoms with Crippen molar-refractivity contribution in [1.29, 1.82) is 0 Å². The topological polar surface area (TPSA) is 126 Å². The molecule has 0 fully saturated rings. The van der Waals surface area contributed by atoms with E-state index in [0.29, 0.717) is 39.7 Å². The highest BCUT2D eigenvalue weighted by Crippen LogP contribution is 2.41. The number of carboxylic acid groups (broad SMARTS) is 1. The van der Waals surface area contributed by atoms with Crippen molar-refractivity contribution in [2.75, 3.05) is 12.5 Å². The van der Waals surface area contributed by atoms with Gasteiger partial charge in [-0.1, -0.05) is 78.9 Å². The van der Waals surface area contributed by atoms with Gasteiger partial charge in [0.2, 0.25) is 12.9 Å². The van der Waals surface area contributed by atoms with Crippen molar-refractivity contribution in [3.63, 3.8) is 0 Å². The number of aromatic nitrogens is 2. The number of anilines is 1. The van der Waals surface area contributed by atoms with Gasteiger partial charge in [-0.25, -0.2) is 9.78 Å². The molecule has 3 N–H and O–H groups in total. The molecule has 9 heteroatoms. The van der Waals surface area contributed by atoms with Crippen LogP contribution in [0.25, 0.3) is 11.3 Å². The van der Waals surface area contributed by atoms with E-state index >= 15 is 0 Å². The second kappa shape index (κ2) is 11.8. The smallest absolute Gasteiger partial charge is 0.348 e. The molecule has 0 amide bonds. The van der Waals surface area contributed by atoms with E-state index in [1.807, 2.05) is 84.9 Å². The lowest BCUT2D eigenvalue weighted by atomic mass is 9.81. The fourth-order valence-corrected chi connectivity index (χ4v) is 5.16. The molecule has 1 aliphatic heterocycles. The first-order valence-electron chi connectivity index (χ1n) is 13.7. The third-order valence-corrected chi connectivity index (χ3v) is 7.14. The molecule has 1 aliphatic rings. The van der Waals surface area contributed by atoms with Crippen LogP contribution < -0.4 is 19.9 Å². The Morgan fingerprint density at radius 1 is 0.884 bits per heavy atom. The van der Waals surface area contributed by atoms with Gasteiger partial charge in [0, 0.05) is 16.9 Å². The number of aliphatic carboxylic acids is 1. The number of nitrogen functional groups attached to an aromatic ring is 1. The quantitative estimate of drug-likeness (QED) is 0.200. The molecule has 9 nitrogen and oxygen atoms in total. The van der Waals surface area contributed by atoms with Crippen molar-refractivity contribution in [1.82, 2.24) is 9.97 Å². The summed E-state index contributed by atoms with van der Waals surface area (Å²) in [5.41, 5.74) is 8.78. The molecule has 0 aliphatic carbocycles. The number of rotatable bonds is 10. The minimum atomic E-state index is -1.62. The zero-order valence-corrected chi connectivity index (χ0v) is 23.3. The van der Waals surface area contributed by atoms with Crippen molar-refractivity contribution < 1.29 is 28.8 Å². The number of ether oxygens (including phenoxy) is 4. The highest BCUT2D eigenvalue weighted by Gasteiger charge is 2.50. The molecule has 1 aromatic heterocycles. The normalized spacial score (nSPS) is 13.0. The van der Waals surface area contributed by atoms with Crippen LogP contribution in [-0.4, -0.2) is 33.9 Å². The Kier molecular flexibility index (Phi) is 7.63.